The average Bonchev–Trinajstić information content (AvgIpc) is 2.63. The summed E-state index contributed by atoms with van der Waals surface area (Å²) in [6.07, 6.45) is 0. The van der Waals surface area contributed by atoms with Crippen LogP contribution in [0.1, 0.15) is 22.3 Å². The van der Waals surface area contributed by atoms with Gasteiger partial charge in [0.1, 0.15) is 12.4 Å². The molecule has 0 fully saturated rings. The maximum Gasteiger partial charge on any atom is 0.138 e. The van der Waals surface area contributed by atoms with Gasteiger partial charge in [0.25, 0.3) is 0 Å². The molecule has 140 valence electrons. The molecule has 0 aromatic heterocycles. The highest BCUT2D eigenvalue weighted by atomic mass is 35.5. The Morgan fingerprint density at radius 3 is 2.33 bits per heavy atom. The van der Waals surface area contributed by atoms with Gasteiger partial charge in [-0.05, 0) is 66.9 Å². The maximum atomic E-state index is 6.38. The Bertz CT molecular complexity index is 956. The van der Waals surface area contributed by atoms with Gasteiger partial charge in [0.2, 0.25) is 0 Å². The van der Waals surface area contributed by atoms with Crippen molar-refractivity contribution in [3.63, 3.8) is 0 Å². The number of aryl methyl sites for hydroxylation is 2. The molecule has 5 heteroatoms. The molecule has 0 unspecified atom stereocenters. The van der Waals surface area contributed by atoms with Gasteiger partial charge in [-0.2, -0.15) is 0 Å². The molecule has 0 aliphatic rings. The Balaban J connectivity index is 1.62. The van der Waals surface area contributed by atoms with Crippen LogP contribution in [0.15, 0.2) is 54.6 Å². The van der Waals surface area contributed by atoms with Crippen LogP contribution < -0.4 is 10.1 Å². The van der Waals surface area contributed by atoms with Gasteiger partial charge in [-0.3, -0.25) is 0 Å². The highest BCUT2D eigenvalue weighted by molar-refractivity contribution is 6.35. The third-order valence-electron chi connectivity index (χ3n) is 4.40. The van der Waals surface area contributed by atoms with Crippen LogP contribution in [0.4, 0.5) is 5.69 Å². The van der Waals surface area contributed by atoms with Crippen molar-refractivity contribution in [2.75, 3.05) is 5.32 Å². The second-order valence-electron chi connectivity index (χ2n) is 6.44. The monoisotopic (exact) mass is 419 g/mol. The van der Waals surface area contributed by atoms with E-state index in [1.54, 1.807) is 12.1 Å². The summed E-state index contributed by atoms with van der Waals surface area (Å²) in [5, 5.41) is 5.16. The van der Waals surface area contributed by atoms with Crippen molar-refractivity contribution in [1.82, 2.24) is 0 Å². The smallest absolute Gasteiger partial charge is 0.138 e. The predicted octanol–water partition coefficient (Wildman–Crippen LogP) is 7.45. The van der Waals surface area contributed by atoms with E-state index in [0.717, 1.165) is 16.8 Å². The fourth-order valence-corrected chi connectivity index (χ4v) is 3.34. The normalized spacial score (nSPS) is 10.7. The number of hydrogen-bond donors (Lipinski definition) is 1. The maximum absolute atomic E-state index is 6.38. The lowest BCUT2D eigenvalue weighted by molar-refractivity contribution is 0.306. The molecule has 0 amide bonds. The van der Waals surface area contributed by atoms with E-state index in [2.05, 4.69) is 37.4 Å². The second kappa shape index (κ2) is 8.88. The van der Waals surface area contributed by atoms with Crippen LogP contribution in [-0.4, -0.2) is 0 Å². The molecular weight excluding hydrogens is 401 g/mol. The summed E-state index contributed by atoms with van der Waals surface area (Å²) in [5.74, 6) is 0.623. The van der Waals surface area contributed by atoms with E-state index in [1.165, 1.54) is 11.1 Å². The zero-order valence-corrected chi connectivity index (χ0v) is 17.4. The molecule has 2 nitrogen and oxygen atoms in total. The van der Waals surface area contributed by atoms with Gasteiger partial charge >= 0.3 is 0 Å². The first-order valence-electron chi connectivity index (χ1n) is 8.58. The molecule has 0 saturated heterocycles. The summed E-state index contributed by atoms with van der Waals surface area (Å²) in [6, 6.07) is 17.5. The molecule has 0 aliphatic heterocycles. The van der Waals surface area contributed by atoms with E-state index in [-0.39, 0.29) is 0 Å². The lowest BCUT2D eigenvalue weighted by atomic mass is 10.1. The standard InChI is InChI=1S/C22H20Cl3NO/c1-14-3-7-19(9-15(14)2)26-12-16-4-8-22(21(25)10-16)27-13-17-5-6-18(23)11-20(17)24/h3-11,26H,12-13H2,1-2H3. The SMILES string of the molecule is Cc1ccc(NCc2ccc(OCc3ccc(Cl)cc3Cl)c(Cl)c2)cc1C. The number of benzene rings is 3. The van der Waals surface area contributed by atoms with E-state index < -0.39 is 0 Å². The quantitative estimate of drug-likeness (QED) is 0.447. The third kappa shape index (κ3) is 5.32. The Morgan fingerprint density at radius 2 is 1.63 bits per heavy atom. The predicted molar refractivity (Wildman–Crippen MR) is 115 cm³/mol. The van der Waals surface area contributed by atoms with Crippen molar-refractivity contribution < 1.29 is 4.74 Å². The first kappa shape index (κ1) is 19.9. The molecule has 3 aromatic carbocycles. The first-order valence-corrected chi connectivity index (χ1v) is 9.72. The lowest BCUT2D eigenvalue weighted by Crippen LogP contribution is -2.01. The van der Waals surface area contributed by atoms with Gasteiger partial charge in [-0.15, -0.1) is 0 Å². The van der Waals surface area contributed by atoms with Crippen LogP contribution in [-0.2, 0) is 13.2 Å². The fraction of sp³-hybridized carbons (Fsp3) is 0.182. The van der Waals surface area contributed by atoms with Crippen LogP contribution in [0.25, 0.3) is 0 Å². The van der Waals surface area contributed by atoms with Crippen molar-refractivity contribution in [1.29, 1.82) is 0 Å². The number of rotatable bonds is 6. The van der Waals surface area contributed by atoms with Gasteiger partial charge in [0.05, 0.1) is 5.02 Å². The van der Waals surface area contributed by atoms with Crippen LogP contribution in [0.2, 0.25) is 15.1 Å². The summed E-state index contributed by atoms with van der Waals surface area (Å²) in [7, 11) is 0. The number of hydrogen-bond acceptors (Lipinski definition) is 2. The Labute approximate surface area is 175 Å². The zero-order chi connectivity index (χ0) is 19.4. The Hall–Kier alpha value is -1.87. The van der Waals surface area contributed by atoms with Crippen molar-refractivity contribution in [3.05, 3.63) is 91.9 Å². The minimum Gasteiger partial charge on any atom is -0.487 e. The molecule has 0 atom stereocenters. The molecule has 0 spiro atoms. The topological polar surface area (TPSA) is 21.3 Å². The number of anilines is 1. The van der Waals surface area contributed by atoms with Gasteiger partial charge in [0, 0.05) is 27.8 Å². The lowest BCUT2D eigenvalue weighted by Gasteiger charge is -2.12. The van der Waals surface area contributed by atoms with Crippen molar-refractivity contribution in [2.24, 2.45) is 0 Å². The number of halogens is 3. The molecule has 3 rings (SSSR count). The first-order chi connectivity index (χ1) is 12.9. The minimum atomic E-state index is 0.329. The zero-order valence-electron chi connectivity index (χ0n) is 15.2. The highest BCUT2D eigenvalue weighted by Crippen LogP contribution is 2.28. The molecule has 1 N–H and O–H groups in total. The molecule has 27 heavy (non-hydrogen) atoms. The number of ether oxygens (including phenoxy) is 1. The van der Waals surface area contributed by atoms with Crippen LogP contribution in [0, 0.1) is 13.8 Å². The van der Waals surface area contributed by atoms with E-state index in [1.807, 2.05) is 24.3 Å². The summed E-state index contributed by atoms with van der Waals surface area (Å²) in [6.45, 7) is 5.23. The average molecular weight is 421 g/mol. The Kier molecular flexibility index (Phi) is 6.54. The van der Waals surface area contributed by atoms with Gasteiger partial charge in [0.15, 0.2) is 0 Å². The van der Waals surface area contributed by atoms with Gasteiger partial charge in [-0.25, -0.2) is 0 Å². The fourth-order valence-electron chi connectivity index (χ4n) is 2.62. The van der Waals surface area contributed by atoms with Crippen molar-refractivity contribution in [2.45, 2.75) is 27.0 Å². The molecule has 3 aromatic rings. The summed E-state index contributed by atoms with van der Waals surface area (Å²) in [5.41, 5.74) is 5.58. The third-order valence-corrected chi connectivity index (χ3v) is 5.28. The molecule has 0 bridgehead atoms. The molecule has 0 radical (unpaired) electrons. The minimum absolute atomic E-state index is 0.329. The summed E-state index contributed by atoms with van der Waals surface area (Å²) < 4.78 is 5.81. The van der Waals surface area contributed by atoms with E-state index in [4.69, 9.17) is 39.5 Å². The summed E-state index contributed by atoms with van der Waals surface area (Å²) >= 11 is 18.5. The van der Waals surface area contributed by atoms with Crippen molar-refractivity contribution >= 4 is 40.5 Å². The van der Waals surface area contributed by atoms with Crippen LogP contribution in [0.5, 0.6) is 5.75 Å². The molecule has 0 heterocycles. The van der Waals surface area contributed by atoms with E-state index in [0.29, 0.717) is 34.0 Å². The second-order valence-corrected chi connectivity index (χ2v) is 7.69. The number of nitrogens with one attached hydrogen (secondary N) is 1. The molecular formula is C22H20Cl3NO. The van der Waals surface area contributed by atoms with Gasteiger partial charge in [-0.1, -0.05) is 53.0 Å². The van der Waals surface area contributed by atoms with E-state index >= 15 is 0 Å². The van der Waals surface area contributed by atoms with Crippen molar-refractivity contribution in [3.8, 4) is 5.75 Å². The summed E-state index contributed by atoms with van der Waals surface area (Å²) in [4.78, 5) is 0. The van der Waals surface area contributed by atoms with Crippen LogP contribution in [0.3, 0.4) is 0 Å². The highest BCUT2D eigenvalue weighted by Gasteiger charge is 2.07. The van der Waals surface area contributed by atoms with Gasteiger partial charge < -0.3 is 10.1 Å². The van der Waals surface area contributed by atoms with Crippen LogP contribution >= 0.6 is 34.8 Å². The van der Waals surface area contributed by atoms with E-state index in [9.17, 15) is 0 Å². The molecule has 0 aliphatic carbocycles. The largest absolute Gasteiger partial charge is 0.487 e. The Morgan fingerprint density at radius 1 is 0.815 bits per heavy atom. The molecule has 0 saturated carbocycles.